The molecule has 0 unspecified atom stereocenters. The summed E-state index contributed by atoms with van der Waals surface area (Å²) in [5, 5.41) is 13.5. The lowest BCUT2D eigenvalue weighted by atomic mass is 9.92. The second-order valence-corrected chi connectivity index (χ2v) is 4.30. The van der Waals surface area contributed by atoms with Gasteiger partial charge in [-0.1, -0.05) is 12.1 Å². The first-order valence-electron chi connectivity index (χ1n) is 5.95. The lowest BCUT2D eigenvalue weighted by molar-refractivity contribution is -0.140. The minimum absolute atomic E-state index is 0.138. The maximum Gasteiger partial charge on any atom is 0.306 e. The molecule has 0 spiro atoms. The van der Waals surface area contributed by atoms with Gasteiger partial charge < -0.3 is 9.84 Å². The number of hydrogen-bond donors (Lipinski definition) is 1. The fraction of sp³-hybridized carbons (Fsp3) is 0.286. The quantitative estimate of drug-likeness (QED) is 0.852. The van der Waals surface area contributed by atoms with Gasteiger partial charge in [-0.3, -0.25) is 9.48 Å². The molecule has 0 radical (unpaired) electrons. The molecular weight excluding hydrogens is 244 g/mol. The number of phenols is 1. The van der Waals surface area contributed by atoms with E-state index in [9.17, 15) is 9.90 Å². The minimum atomic E-state index is -0.278. The van der Waals surface area contributed by atoms with Crippen molar-refractivity contribution < 1.29 is 14.6 Å². The summed E-state index contributed by atoms with van der Waals surface area (Å²) in [7, 11) is 3.21. The van der Waals surface area contributed by atoms with Gasteiger partial charge in [0, 0.05) is 24.9 Å². The van der Waals surface area contributed by atoms with E-state index >= 15 is 0 Å². The zero-order valence-electron chi connectivity index (χ0n) is 10.9. The molecule has 100 valence electrons. The van der Waals surface area contributed by atoms with Crippen molar-refractivity contribution in [1.29, 1.82) is 0 Å². The molecule has 2 aromatic rings. The highest BCUT2D eigenvalue weighted by molar-refractivity contribution is 5.71. The van der Waals surface area contributed by atoms with Gasteiger partial charge >= 0.3 is 5.97 Å². The maximum absolute atomic E-state index is 11.6. The van der Waals surface area contributed by atoms with Crippen LogP contribution in [0.5, 0.6) is 5.75 Å². The van der Waals surface area contributed by atoms with Crippen LogP contribution < -0.4 is 0 Å². The molecule has 1 aromatic heterocycles. The third kappa shape index (κ3) is 2.93. The predicted octanol–water partition coefficient (Wildman–Crippen LogP) is 1.82. The van der Waals surface area contributed by atoms with Crippen LogP contribution in [0.25, 0.3) is 0 Å². The highest BCUT2D eigenvalue weighted by Gasteiger charge is 2.21. The molecule has 0 aliphatic heterocycles. The summed E-state index contributed by atoms with van der Waals surface area (Å²) in [5.74, 6) is -0.217. The van der Waals surface area contributed by atoms with E-state index in [1.807, 2.05) is 13.1 Å². The normalized spacial score (nSPS) is 12.1. The number of carbonyl (C=O) groups is 1. The lowest BCUT2D eigenvalue weighted by Gasteiger charge is -2.16. The second kappa shape index (κ2) is 5.56. The highest BCUT2D eigenvalue weighted by atomic mass is 16.5. The first kappa shape index (κ1) is 13.1. The van der Waals surface area contributed by atoms with Crippen LogP contribution >= 0.6 is 0 Å². The number of aromatic hydroxyl groups is 1. The molecule has 0 aliphatic carbocycles. The molecule has 0 aliphatic rings. The molecule has 1 aromatic carbocycles. The van der Waals surface area contributed by atoms with Crippen LogP contribution in [0.4, 0.5) is 0 Å². The van der Waals surface area contributed by atoms with Crippen molar-refractivity contribution in [1.82, 2.24) is 9.78 Å². The molecular formula is C14H16N2O3. The average Bonchev–Trinajstić information content (AvgIpc) is 2.83. The second-order valence-electron chi connectivity index (χ2n) is 4.30. The first-order chi connectivity index (χ1) is 9.11. The van der Waals surface area contributed by atoms with Crippen LogP contribution in [0.3, 0.4) is 0 Å². The molecule has 19 heavy (non-hydrogen) atoms. The van der Waals surface area contributed by atoms with Gasteiger partial charge in [-0.2, -0.15) is 5.10 Å². The molecule has 5 heteroatoms. The number of phenolic OH excluding ortho intramolecular Hbond substituents is 1. The van der Waals surface area contributed by atoms with Gasteiger partial charge in [0.2, 0.25) is 0 Å². The van der Waals surface area contributed by atoms with Gasteiger partial charge in [0.1, 0.15) is 5.75 Å². The third-order valence-corrected chi connectivity index (χ3v) is 3.11. The summed E-state index contributed by atoms with van der Waals surface area (Å²) in [6, 6.07) is 8.69. The van der Waals surface area contributed by atoms with Gasteiger partial charge in [0.25, 0.3) is 0 Å². The van der Waals surface area contributed by atoms with Crippen molar-refractivity contribution >= 4 is 5.97 Å². The number of methoxy groups -OCH3 is 1. The van der Waals surface area contributed by atoms with Crippen molar-refractivity contribution in [2.75, 3.05) is 7.11 Å². The number of aromatic nitrogens is 2. The summed E-state index contributed by atoms with van der Waals surface area (Å²) in [5.41, 5.74) is 1.86. The topological polar surface area (TPSA) is 64.3 Å². The number of hydrogen-bond acceptors (Lipinski definition) is 4. The van der Waals surface area contributed by atoms with Crippen molar-refractivity contribution in [3.05, 3.63) is 47.8 Å². The van der Waals surface area contributed by atoms with Crippen LogP contribution in [-0.4, -0.2) is 28.0 Å². The Balaban J connectivity index is 2.37. The Morgan fingerprint density at radius 1 is 1.37 bits per heavy atom. The molecule has 1 N–H and O–H groups in total. The molecule has 2 rings (SSSR count). The van der Waals surface area contributed by atoms with E-state index in [0.717, 1.165) is 11.3 Å². The van der Waals surface area contributed by atoms with Gasteiger partial charge in [-0.05, 0) is 23.8 Å². The molecule has 0 bridgehead atoms. The van der Waals surface area contributed by atoms with Crippen molar-refractivity contribution in [3.8, 4) is 5.75 Å². The van der Waals surface area contributed by atoms with Crippen LogP contribution in [0.15, 0.2) is 36.5 Å². The summed E-state index contributed by atoms with van der Waals surface area (Å²) in [4.78, 5) is 11.6. The Bertz CT molecular complexity index is 560. The van der Waals surface area contributed by atoms with E-state index in [0.29, 0.717) is 0 Å². The number of benzene rings is 1. The molecule has 5 nitrogen and oxygen atoms in total. The Morgan fingerprint density at radius 2 is 2.05 bits per heavy atom. The Kier molecular flexibility index (Phi) is 3.85. The number of ether oxygens (including phenoxy) is 1. The van der Waals surface area contributed by atoms with Crippen molar-refractivity contribution in [2.45, 2.75) is 12.3 Å². The van der Waals surface area contributed by atoms with E-state index in [4.69, 9.17) is 4.74 Å². The smallest absolute Gasteiger partial charge is 0.306 e. The monoisotopic (exact) mass is 260 g/mol. The first-order valence-corrected chi connectivity index (χ1v) is 5.95. The molecule has 1 atom stereocenters. The van der Waals surface area contributed by atoms with E-state index < -0.39 is 0 Å². The van der Waals surface area contributed by atoms with Crippen LogP contribution in [0.1, 0.15) is 23.6 Å². The van der Waals surface area contributed by atoms with E-state index in [2.05, 4.69) is 5.10 Å². The third-order valence-electron chi connectivity index (χ3n) is 3.11. The fourth-order valence-electron chi connectivity index (χ4n) is 2.08. The van der Waals surface area contributed by atoms with Gasteiger partial charge in [-0.25, -0.2) is 0 Å². The number of nitrogens with zero attached hydrogens (tertiary/aromatic N) is 2. The van der Waals surface area contributed by atoms with E-state index in [-0.39, 0.29) is 24.1 Å². The fourth-order valence-corrected chi connectivity index (χ4v) is 2.08. The number of esters is 1. The standard InChI is InChI=1S/C14H16N2O3/c1-16-13(7-8-15-16)12(9-14(18)19-2)10-3-5-11(17)6-4-10/h3-8,12,17H,9H2,1-2H3/t12-/m0/s1. The Labute approximate surface area is 111 Å². The molecule has 1 heterocycles. The van der Waals surface area contributed by atoms with E-state index in [1.165, 1.54) is 7.11 Å². The van der Waals surface area contributed by atoms with Gasteiger partial charge in [0.15, 0.2) is 0 Å². The Morgan fingerprint density at radius 3 is 2.58 bits per heavy atom. The summed E-state index contributed by atoms with van der Waals surface area (Å²) in [6.45, 7) is 0. The molecule has 0 fully saturated rings. The van der Waals surface area contributed by atoms with Crippen LogP contribution in [0, 0.1) is 0 Å². The zero-order valence-corrected chi connectivity index (χ0v) is 10.9. The van der Waals surface area contributed by atoms with Gasteiger partial charge in [0.05, 0.1) is 13.5 Å². The number of rotatable bonds is 4. The Hall–Kier alpha value is -2.30. The summed E-state index contributed by atoms with van der Waals surface area (Å²) < 4.78 is 6.48. The van der Waals surface area contributed by atoms with Gasteiger partial charge in [-0.15, -0.1) is 0 Å². The predicted molar refractivity (Wildman–Crippen MR) is 69.8 cm³/mol. The minimum Gasteiger partial charge on any atom is -0.508 e. The van der Waals surface area contributed by atoms with Crippen molar-refractivity contribution in [3.63, 3.8) is 0 Å². The average molecular weight is 260 g/mol. The summed E-state index contributed by atoms with van der Waals surface area (Å²) >= 11 is 0. The number of carbonyl (C=O) groups excluding carboxylic acids is 1. The largest absolute Gasteiger partial charge is 0.508 e. The number of aryl methyl sites for hydroxylation is 1. The molecule has 0 saturated heterocycles. The molecule has 0 amide bonds. The SMILES string of the molecule is COC(=O)C[C@@H](c1ccc(O)cc1)c1ccnn1C. The van der Waals surface area contributed by atoms with Crippen LogP contribution in [-0.2, 0) is 16.6 Å². The summed E-state index contributed by atoms with van der Waals surface area (Å²) in [6.07, 6.45) is 1.93. The van der Waals surface area contributed by atoms with Crippen LogP contribution in [0.2, 0.25) is 0 Å². The highest BCUT2D eigenvalue weighted by Crippen LogP contribution is 2.29. The lowest BCUT2D eigenvalue weighted by Crippen LogP contribution is -2.13. The molecule has 0 saturated carbocycles. The maximum atomic E-state index is 11.6. The van der Waals surface area contributed by atoms with E-state index in [1.54, 1.807) is 35.1 Å². The van der Waals surface area contributed by atoms with Crippen molar-refractivity contribution in [2.24, 2.45) is 7.05 Å². The zero-order chi connectivity index (χ0) is 13.8.